The molecular formula is C24H30N2OS. The van der Waals surface area contributed by atoms with Crippen LogP contribution in [-0.4, -0.2) is 23.2 Å². The van der Waals surface area contributed by atoms with Gasteiger partial charge in [-0.15, -0.1) is 0 Å². The monoisotopic (exact) mass is 394 g/mol. The molecule has 0 radical (unpaired) electrons. The van der Waals surface area contributed by atoms with Crippen molar-refractivity contribution in [3.05, 3.63) is 35.4 Å². The standard InChI is InChI=1S/C24H30N2OS/c1-15-4-3-5-20-16(2)6-22(26-23(15)20)28-13-21(27)25-14-24-10-17-7-18(11-24)9-19(8-17)12-24/h3-6,17-19H,7-14H2,1-2H3,(H,25,27). The summed E-state index contributed by atoms with van der Waals surface area (Å²) in [5.41, 5.74) is 3.88. The molecule has 1 aromatic carbocycles. The van der Waals surface area contributed by atoms with Crippen LogP contribution in [0.15, 0.2) is 29.3 Å². The van der Waals surface area contributed by atoms with Crippen LogP contribution in [0, 0.1) is 37.0 Å². The van der Waals surface area contributed by atoms with E-state index in [0.717, 1.165) is 34.8 Å². The fourth-order valence-electron chi connectivity index (χ4n) is 6.59. The zero-order valence-electron chi connectivity index (χ0n) is 17.0. The minimum absolute atomic E-state index is 0.157. The Hall–Kier alpha value is -1.55. The van der Waals surface area contributed by atoms with E-state index >= 15 is 0 Å². The topological polar surface area (TPSA) is 42.0 Å². The highest BCUT2D eigenvalue weighted by Crippen LogP contribution is 2.59. The molecule has 4 saturated carbocycles. The number of carbonyl (C=O) groups excluding carboxylic acids is 1. The molecular weight excluding hydrogens is 364 g/mol. The van der Waals surface area contributed by atoms with Crippen LogP contribution in [0.2, 0.25) is 0 Å². The average molecular weight is 395 g/mol. The van der Waals surface area contributed by atoms with Gasteiger partial charge in [-0.1, -0.05) is 30.0 Å². The molecule has 4 heteroatoms. The van der Waals surface area contributed by atoms with Crippen molar-refractivity contribution in [2.75, 3.05) is 12.3 Å². The average Bonchev–Trinajstić information content (AvgIpc) is 2.65. The first-order valence-corrected chi connectivity index (χ1v) is 11.7. The molecule has 0 unspecified atom stereocenters. The first-order valence-electron chi connectivity index (χ1n) is 10.8. The third kappa shape index (κ3) is 3.45. The Bertz CT molecular complexity index is 887. The number of para-hydroxylation sites is 1. The summed E-state index contributed by atoms with van der Waals surface area (Å²) >= 11 is 1.56. The minimum Gasteiger partial charge on any atom is -0.355 e. The summed E-state index contributed by atoms with van der Waals surface area (Å²) in [6, 6.07) is 8.41. The number of nitrogens with zero attached hydrogens (tertiary/aromatic N) is 1. The number of carbonyl (C=O) groups is 1. The number of aryl methyl sites for hydroxylation is 2. The second-order valence-electron chi connectivity index (χ2n) is 9.73. The minimum atomic E-state index is 0.157. The van der Waals surface area contributed by atoms with Gasteiger partial charge in [0, 0.05) is 11.9 Å². The second kappa shape index (κ2) is 7.05. The fourth-order valence-corrected chi connectivity index (χ4v) is 7.39. The van der Waals surface area contributed by atoms with Gasteiger partial charge in [-0.2, -0.15) is 0 Å². The molecule has 28 heavy (non-hydrogen) atoms. The first kappa shape index (κ1) is 18.5. The van der Waals surface area contributed by atoms with Gasteiger partial charge < -0.3 is 5.32 Å². The Labute approximate surface area is 172 Å². The van der Waals surface area contributed by atoms with E-state index in [1.807, 2.05) is 0 Å². The van der Waals surface area contributed by atoms with Gasteiger partial charge in [-0.25, -0.2) is 4.98 Å². The van der Waals surface area contributed by atoms with Crippen LogP contribution in [0.3, 0.4) is 0 Å². The van der Waals surface area contributed by atoms with Crippen LogP contribution < -0.4 is 5.32 Å². The van der Waals surface area contributed by atoms with Gasteiger partial charge in [0.2, 0.25) is 5.91 Å². The van der Waals surface area contributed by atoms with Crippen LogP contribution in [0.5, 0.6) is 0 Å². The SMILES string of the molecule is Cc1cc(SCC(=O)NCC23CC4CC(CC(C4)C2)C3)nc2c(C)cccc12. The highest BCUT2D eigenvalue weighted by Gasteiger charge is 2.50. The Balaban J connectivity index is 1.20. The van der Waals surface area contributed by atoms with Crippen molar-refractivity contribution in [3.8, 4) is 0 Å². The maximum Gasteiger partial charge on any atom is 0.230 e. The largest absolute Gasteiger partial charge is 0.355 e. The summed E-state index contributed by atoms with van der Waals surface area (Å²) in [4.78, 5) is 17.4. The van der Waals surface area contributed by atoms with Crippen molar-refractivity contribution >= 4 is 28.6 Å². The number of benzene rings is 1. The predicted molar refractivity (Wildman–Crippen MR) is 116 cm³/mol. The molecule has 3 nitrogen and oxygen atoms in total. The van der Waals surface area contributed by atoms with E-state index in [9.17, 15) is 4.79 Å². The lowest BCUT2D eigenvalue weighted by Crippen LogP contribution is -2.51. The summed E-state index contributed by atoms with van der Waals surface area (Å²) in [5, 5.41) is 5.44. The number of pyridine rings is 1. The molecule has 4 bridgehead atoms. The van der Waals surface area contributed by atoms with E-state index in [1.165, 1.54) is 55.0 Å². The quantitative estimate of drug-likeness (QED) is 0.702. The molecule has 0 spiro atoms. The normalized spacial score (nSPS) is 30.7. The summed E-state index contributed by atoms with van der Waals surface area (Å²) in [5.74, 6) is 3.42. The highest BCUT2D eigenvalue weighted by atomic mass is 32.2. The van der Waals surface area contributed by atoms with Crippen molar-refractivity contribution < 1.29 is 4.79 Å². The summed E-state index contributed by atoms with van der Waals surface area (Å²) in [6.07, 6.45) is 8.39. The molecule has 1 aromatic heterocycles. The van der Waals surface area contributed by atoms with Crippen molar-refractivity contribution in [2.24, 2.45) is 23.2 Å². The molecule has 4 fully saturated rings. The lowest BCUT2D eigenvalue weighted by atomic mass is 9.49. The number of hydrogen-bond donors (Lipinski definition) is 1. The van der Waals surface area contributed by atoms with E-state index in [4.69, 9.17) is 4.98 Å². The van der Waals surface area contributed by atoms with Crippen molar-refractivity contribution in [1.29, 1.82) is 0 Å². The first-order chi connectivity index (χ1) is 13.5. The number of hydrogen-bond acceptors (Lipinski definition) is 3. The summed E-state index contributed by atoms with van der Waals surface area (Å²) in [6.45, 7) is 5.11. The predicted octanol–water partition coefficient (Wildman–Crippen LogP) is 5.28. The van der Waals surface area contributed by atoms with Crippen LogP contribution in [0.4, 0.5) is 0 Å². The van der Waals surface area contributed by atoms with Gasteiger partial charge in [0.05, 0.1) is 16.3 Å². The Morgan fingerprint density at radius 3 is 2.46 bits per heavy atom. The molecule has 2 aromatic rings. The van der Waals surface area contributed by atoms with Gasteiger partial charge in [-0.05, 0) is 92.7 Å². The zero-order valence-corrected chi connectivity index (χ0v) is 17.8. The van der Waals surface area contributed by atoms with Crippen LogP contribution in [0.1, 0.15) is 49.7 Å². The highest BCUT2D eigenvalue weighted by molar-refractivity contribution is 7.99. The van der Waals surface area contributed by atoms with Gasteiger partial charge in [-0.3, -0.25) is 4.79 Å². The molecule has 0 aliphatic heterocycles. The second-order valence-corrected chi connectivity index (χ2v) is 10.7. The van der Waals surface area contributed by atoms with Crippen LogP contribution in [-0.2, 0) is 4.79 Å². The number of nitrogens with one attached hydrogen (secondary N) is 1. The molecule has 1 heterocycles. The van der Waals surface area contributed by atoms with E-state index in [2.05, 4.69) is 43.4 Å². The van der Waals surface area contributed by atoms with E-state index in [-0.39, 0.29) is 5.91 Å². The Morgan fingerprint density at radius 2 is 1.79 bits per heavy atom. The van der Waals surface area contributed by atoms with Gasteiger partial charge in [0.15, 0.2) is 0 Å². The Kier molecular flexibility index (Phi) is 4.65. The van der Waals surface area contributed by atoms with E-state index < -0.39 is 0 Å². The fraction of sp³-hybridized carbons (Fsp3) is 0.583. The lowest BCUT2D eigenvalue weighted by Gasteiger charge is -2.56. The molecule has 4 aliphatic rings. The van der Waals surface area contributed by atoms with Gasteiger partial charge in [0.1, 0.15) is 0 Å². The van der Waals surface area contributed by atoms with E-state index in [1.54, 1.807) is 11.8 Å². The van der Waals surface area contributed by atoms with Gasteiger partial charge >= 0.3 is 0 Å². The third-order valence-corrected chi connectivity index (χ3v) is 8.31. The lowest BCUT2D eigenvalue weighted by molar-refractivity contribution is -0.120. The summed E-state index contributed by atoms with van der Waals surface area (Å²) < 4.78 is 0. The number of amides is 1. The number of aromatic nitrogens is 1. The van der Waals surface area contributed by atoms with Crippen molar-refractivity contribution in [3.63, 3.8) is 0 Å². The molecule has 1 N–H and O–H groups in total. The number of thioether (sulfide) groups is 1. The maximum absolute atomic E-state index is 12.6. The Morgan fingerprint density at radius 1 is 1.11 bits per heavy atom. The number of rotatable bonds is 5. The van der Waals surface area contributed by atoms with Crippen LogP contribution >= 0.6 is 11.8 Å². The van der Waals surface area contributed by atoms with Crippen molar-refractivity contribution in [2.45, 2.75) is 57.4 Å². The number of fused-ring (bicyclic) bond motifs is 1. The smallest absolute Gasteiger partial charge is 0.230 e. The molecule has 1 amide bonds. The molecule has 6 rings (SSSR count). The zero-order chi connectivity index (χ0) is 19.3. The molecule has 0 atom stereocenters. The molecule has 0 saturated heterocycles. The van der Waals surface area contributed by atoms with Crippen LogP contribution in [0.25, 0.3) is 10.9 Å². The maximum atomic E-state index is 12.6. The molecule has 148 valence electrons. The van der Waals surface area contributed by atoms with E-state index in [0.29, 0.717) is 11.2 Å². The molecule has 4 aliphatic carbocycles. The summed E-state index contributed by atoms with van der Waals surface area (Å²) in [7, 11) is 0. The third-order valence-electron chi connectivity index (χ3n) is 7.40. The van der Waals surface area contributed by atoms with Crippen molar-refractivity contribution in [1.82, 2.24) is 10.3 Å². The van der Waals surface area contributed by atoms with Gasteiger partial charge in [0.25, 0.3) is 0 Å².